The Morgan fingerprint density at radius 1 is 0.778 bits per heavy atom. The highest BCUT2D eigenvalue weighted by molar-refractivity contribution is 6.31. The molecule has 2 heterocycles. The first-order valence-electron chi connectivity index (χ1n) is 22.4. The van der Waals surface area contributed by atoms with Crippen molar-refractivity contribution < 1.29 is 107 Å². The Morgan fingerprint density at radius 2 is 1.42 bits per heavy atom. The van der Waals surface area contributed by atoms with Gasteiger partial charge in [-0.25, -0.2) is 9.59 Å². The maximum Gasteiger partial charge on any atom is 0.414 e. The Morgan fingerprint density at radius 3 is 2.06 bits per heavy atom. The standard InChI is InChI=1S/C48H52N2O22/c1-19-37(56)28(50-46(61)65-18-24-10-12-25(13-11-24)49-47(62)72-45-44(70-23(5)54)43(69-22(4)53)42(20(2)67-45)68-21(3)52)14-32(66-19)71-30-16-48(63,31(55)17-51)15-27-34(30)41(60)36-35(39(27)58)38(57)26-8-7-9-29(64-6)33(26)40(36)59/h7-13,19-20,28,30,32,37,42-45,51,56,58,60,63H,14-18H2,1-6H3,(H,49,62)(H,50,61)/t19?,20?,28?,30?,32?,37?,42?,43?,44?,45?,48-/m0/s1. The number of phenols is 2. The first kappa shape index (κ1) is 52.6. The lowest BCUT2D eigenvalue weighted by Gasteiger charge is -2.42. The fraction of sp³-hybridized carbons (Fsp3) is 0.458. The number of aliphatic hydroxyl groups is 3. The van der Waals surface area contributed by atoms with Crippen molar-refractivity contribution >= 4 is 53.1 Å². The molecule has 0 spiro atoms. The lowest BCUT2D eigenvalue weighted by Crippen LogP contribution is -2.61. The van der Waals surface area contributed by atoms with Crippen molar-refractivity contribution in [2.45, 2.75) is 127 Å². The lowest BCUT2D eigenvalue weighted by molar-refractivity contribution is -0.285. The molecule has 3 aromatic carbocycles. The van der Waals surface area contributed by atoms with Gasteiger partial charge in [0, 0.05) is 62.4 Å². The summed E-state index contributed by atoms with van der Waals surface area (Å²) in [5.41, 5.74) is -3.81. The van der Waals surface area contributed by atoms with Crippen LogP contribution in [0.3, 0.4) is 0 Å². The number of methoxy groups -OCH3 is 1. The number of nitrogens with one attached hydrogen (secondary N) is 2. The molecular weight excluding hydrogens is 957 g/mol. The van der Waals surface area contributed by atoms with Gasteiger partial charge in [0.15, 0.2) is 30.1 Å². The Balaban J connectivity index is 1.01. The second-order valence-electron chi connectivity index (χ2n) is 17.5. The van der Waals surface area contributed by atoms with Gasteiger partial charge < -0.3 is 73.5 Å². The maximum atomic E-state index is 14.0. The summed E-state index contributed by atoms with van der Waals surface area (Å²) in [6.07, 6.45) is -15.8. The summed E-state index contributed by atoms with van der Waals surface area (Å²) in [7, 11) is 1.28. The van der Waals surface area contributed by atoms with Crippen LogP contribution in [0.15, 0.2) is 42.5 Å². The molecule has 2 saturated heterocycles. The van der Waals surface area contributed by atoms with E-state index in [1.807, 2.05) is 0 Å². The normalized spacial score (nSPS) is 27.4. The Hall–Kier alpha value is -7.22. The molecule has 0 aromatic heterocycles. The molecule has 24 nitrogen and oxygen atoms in total. The minimum Gasteiger partial charge on any atom is -0.507 e. The monoisotopic (exact) mass is 1010 g/mol. The Kier molecular flexibility index (Phi) is 15.5. The zero-order chi connectivity index (χ0) is 52.5. The quantitative estimate of drug-likeness (QED) is 0.0572. The van der Waals surface area contributed by atoms with E-state index in [2.05, 4.69) is 10.6 Å². The number of anilines is 1. The molecule has 4 aliphatic rings. The number of carbonyl (C=O) groups excluding carboxylic acids is 8. The summed E-state index contributed by atoms with van der Waals surface area (Å²) in [6, 6.07) is 8.97. The molecule has 7 rings (SSSR count). The number of ether oxygens (including phenoxy) is 9. The molecule has 10 unspecified atom stereocenters. The van der Waals surface area contributed by atoms with Crippen molar-refractivity contribution in [3.8, 4) is 17.2 Å². The number of phenolic OH excluding ortho intramolecular Hbond substituents is 2. The number of hydrogen-bond donors (Lipinski definition) is 7. The zero-order valence-electron chi connectivity index (χ0n) is 39.5. The maximum absolute atomic E-state index is 14.0. The summed E-state index contributed by atoms with van der Waals surface area (Å²) in [6.45, 7) is 4.74. The zero-order valence-corrected chi connectivity index (χ0v) is 39.5. The van der Waals surface area contributed by atoms with E-state index < -0.39 is 156 Å². The van der Waals surface area contributed by atoms with Gasteiger partial charge in [0.25, 0.3) is 0 Å². The second-order valence-corrected chi connectivity index (χ2v) is 17.5. The van der Waals surface area contributed by atoms with Crippen LogP contribution in [0, 0.1) is 0 Å². The molecule has 0 radical (unpaired) electrons. The van der Waals surface area contributed by atoms with Gasteiger partial charge >= 0.3 is 30.1 Å². The van der Waals surface area contributed by atoms with E-state index in [1.165, 1.54) is 63.4 Å². The fourth-order valence-electron chi connectivity index (χ4n) is 9.20. The highest BCUT2D eigenvalue weighted by atomic mass is 16.7. The molecule has 72 heavy (non-hydrogen) atoms. The third-order valence-electron chi connectivity index (χ3n) is 12.5. The molecular formula is C48H52N2O22. The molecule has 2 aliphatic carbocycles. The van der Waals surface area contributed by atoms with E-state index in [4.69, 9.17) is 42.6 Å². The number of benzene rings is 3. The summed E-state index contributed by atoms with van der Waals surface area (Å²) in [4.78, 5) is 103. The van der Waals surface area contributed by atoms with Gasteiger partial charge in [-0.1, -0.05) is 24.3 Å². The van der Waals surface area contributed by atoms with Crippen LogP contribution in [-0.4, -0.2) is 148 Å². The predicted molar refractivity (Wildman–Crippen MR) is 238 cm³/mol. The van der Waals surface area contributed by atoms with Gasteiger partial charge in [-0.05, 0) is 37.6 Å². The van der Waals surface area contributed by atoms with Gasteiger partial charge in [0.05, 0.1) is 48.2 Å². The average molecular weight is 1010 g/mol. The largest absolute Gasteiger partial charge is 0.507 e. The van der Waals surface area contributed by atoms with Crippen molar-refractivity contribution in [2.75, 3.05) is 19.0 Å². The molecule has 0 bridgehead atoms. The number of Topliss-reactive ketones (excluding diaryl/α,β-unsaturated/α-hetero) is 1. The number of fused-ring (bicyclic) bond motifs is 3. The number of ketones is 3. The van der Waals surface area contributed by atoms with Gasteiger partial charge in [-0.15, -0.1) is 0 Å². The number of carbonyl (C=O) groups is 8. The summed E-state index contributed by atoms with van der Waals surface area (Å²) < 4.78 is 49.8. The third kappa shape index (κ3) is 10.7. The molecule has 3 aromatic rings. The highest BCUT2D eigenvalue weighted by Crippen LogP contribution is 2.52. The van der Waals surface area contributed by atoms with Crippen molar-refractivity contribution in [2.24, 2.45) is 0 Å². The predicted octanol–water partition coefficient (Wildman–Crippen LogP) is 2.06. The fourth-order valence-corrected chi connectivity index (χ4v) is 9.20. The minimum atomic E-state index is -2.42. The topological polar surface area (TPSA) is 345 Å². The summed E-state index contributed by atoms with van der Waals surface area (Å²) in [5.74, 6) is -6.76. The smallest absolute Gasteiger partial charge is 0.414 e. The number of hydrogen-bond acceptors (Lipinski definition) is 22. The van der Waals surface area contributed by atoms with Crippen LogP contribution in [0.1, 0.15) is 102 Å². The molecule has 0 saturated carbocycles. The van der Waals surface area contributed by atoms with E-state index in [0.29, 0.717) is 5.56 Å². The van der Waals surface area contributed by atoms with E-state index in [-0.39, 0.29) is 46.7 Å². The molecule has 2 aliphatic heterocycles. The van der Waals surface area contributed by atoms with Crippen LogP contribution >= 0.6 is 0 Å². The van der Waals surface area contributed by atoms with Gasteiger partial charge in [-0.3, -0.25) is 34.1 Å². The number of aliphatic hydroxyl groups excluding tert-OH is 2. The van der Waals surface area contributed by atoms with Gasteiger partial charge in [0.1, 0.15) is 42.2 Å². The first-order chi connectivity index (χ1) is 34.0. The number of alkyl carbamates (subject to hydrolysis) is 1. The minimum absolute atomic E-state index is 0.0206. The average Bonchev–Trinajstić information content (AvgIpc) is 3.31. The Bertz CT molecular complexity index is 2670. The highest BCUT2D eigenvalue weighted by Gasteiger charge is 2.53. The van der Waals surface area contributed by atoms with Crippen molar-refractivity contribution in [3.63, 3.8) is 0 Å². The van der Waals surface area contributed by atoms with E-state index in [0.717, 1.165) is 20.8 Å². The van der Waals surface area contributed by atoms with E-state index in [1.54, 1.807) is 0 Å². The first-order valence-corrected chi connectivity index (χ1v) is 22.4. The number of aromatic hydroxyl groups is 2. The number of rotatable bonds is 13. The number of amides is 2. The van der Waals surface area contributed by atoms with Crippen LogP contribution < -0.4 is 15.4 Å². The molecule has 386 valence electrons. The van der Waals surface area contributed by atoms with Crippen molar-refractivity contribution in [1.82, 2.24) is 5.32 Å². The van der Waals surface area contributed by atoms with Crippen molar-refractivity contribution in [3.05, 3.63) is 81.4 Å². The summed E-state index contributed by atoms with van der Waals surface area (Å²) >= 11 is 0. The van der Waals surface area contributed by atoms with Crippen LogP contribution in [0.25, 0.3) is 0 Å². The second kappa shape index (κ2) is 21.2. The van der Waals surface area contributed by atoms with Crippen LogP contribution in [0.5, 0.6) is 17.2 Å². The van der Waals surface area contributed by atoms with Crippen LogP contribution in [0.4, 0.5) is 15.3 Å². The van der Waals surface area contributed by atoms with Crippen LogP contribution in [-0.2, 0) is 70.1 Å². The van der Waals surface area contributed by atoms with E-state index in [9.17, 15) is 63.9 Å². The van der Waals surface area contributed by atoms with Gasteiger partial charge in [-0.2, -0.15) is 0 Å². The van der Waals surface area contributed by atoms with E-state index >= 15 is 0 Å². The molecule has 2 amide bonds. The molecule has 24 heteroatoms. The van der Waals surface area contributed by atoms with Crippen LogP contribution in [0.2, 0.25) is 0 Å². The lowest BCUT2D eigenvalue weighted by atomic mass is 9.72. The van der Waals surface area contributed by atoms with Gasteiger partial charge in [0.2, 0.25) is 18.2 Å². The number of esters is 3. The molecule has 7 N–H and O–H groups in total. The molecule has 11 atom stereocenters. The van der Waals surface area contributed by atoms with Crippen molar-refractivity contribution in [1.29, 1.82) is 0 Å². The Labute approximate surface area is 409 Å². The molecule has 2 fully saturated rings. The summed E-state index contributed by atoms with van der Waals surface area (Å²) in [5, 5.41) is 61.0. The SMILES string of the molecule is COc1cccc2c1C(=O)c1c(O)c3c(c(O)c1C2=O)C[C@@](O)(C(=O)CO)CC3OC1CC(NC(=O)OCc2ccc(NC(=O)OC3OC(C)C(OC(C)=O)C(OC(C)=O)C3OC(C)=O)cc2)C(O)C(C)O1. The third-order valence-corrected chi connectivity index (χ3v) is 12.5.